The number of esters is 1. The van der Waals surface area contributed by atoms with Crippen molar-refractivity contribution < 1.29 is 19.4 Å². The van der Waals surface area contributed by atoms with Gasteiger partial charge >= 0.3 is 5.97 Å². The largest absolute Gasteiger partial charge is 0.461 e. The van der Waals surface area contributed by atoms with E-state index in [1.54, 1.807) is 0 Å². The van der Waals surface area contributed by atoms with Gasteiger partial charge in [-0.25, -0.2) is 0 Å². The molecule has 0 aromatic rings. The number of aliphatic hydroxyl groups is 1. The standard InChI is InChI=1S/C22H34O4/c1-15(2)19-9-6-16(3)20(24)12-13-22(5)21(26-22)11-8-18(7-10-19)14-25-17(4)23/h7,19-21,24H,1,3,6,8-14H2,2,4-5H3/t19-,20+,21+,22+/m0/s1. The second-order valence-electron chi connectivity index (χ2n) is 8.13. The molecule has 0 amide bonds. The van der Waals surface area contributed by atoms with Crippen LogP contribution in [-0.4, -0.2) is 35.5 Å². The fourth-order valence-corrected chi connectivity index (χ4v) is 3.65. The topological polar surface area (TPSA) is 59.1 Å². The molecular formula is C22H34O4. The number of fused-ring (bicyclic) bond motifs is 1. The number of hydrogen-bond donors (Lipinski definition) is 1. The van der Waals surface area contributed by atoms with E-state index in [1.807, 2.05) is 0 Å². The van der Waals surface area contributed by atoms with Gasteiger partial charge in [0.1, 0.15) is 6.61 Å². The van der Waals surface area contributed by atoms with Gasteiger partial charge in [0.2, 0.25) is 0 Å². The number of ether oxygens (including phenoxy) is 2. The van der Waals surface area contributed by atoms with E-state index in [-0.39, 0.29) is 17.7 Å². The van der Waals surface area contributed by atoms with E-state index in [1.165, 1.54) is 6.92 Å². The van der Waals surface area contributed by atoms with Crippen molar-refractivity contribution in [1.82, 2.24) is 0 Å². The monoisotopic (exact) mass is 362 g/mol. The lowest BCUT2D eigenvalue weighted by atomic mass is 9.87. The molecule has 1 saturated heterocycles. The van der Waals surface area contributed by atoms with Gasteiger partial charge in [-0.2, -0.15) is 0 Å². The molecular weight excluding hydrogens is 328 g/mol. The number of carbonyl (C=O) groups is 1. The molecule has 0 unspecified atom stereocenters. The number of aliphatic hydroxyl groups excluding tert-OH is 1. The van der Waals surface area contributed by atoms with Crippen LogP contribution < -0.4 is 0 Å². The van der Waals surface area contributed by atoms with Gasteiger partial charge < -0.3 is 14.6 Å². The Labute approximate surface area is 158 Å². The highest BCUT2D eigenvalue weighted by Gasteiger charge is 2.51. The Morgan fingerprint density at radius 3 is 2.73 bits per heavy atom. The van der Waals surface area contributed by atoms with Crippen LogP contribution in [0.15, 0.2) is 36.0 Å². The third-order valence-corrected chi connectivity index (χ3v) is 5.81. The van der Waals surface area contributed by atoms with Crippen molar-refractivity contribution in [3.63, 3.8) is 0 Å². The number of allylic oxidation sites excluding steroid dienone is 2. The maximum absolute atomic E-state index is 11.2. The van der Waals surface area contributed by atoms with Crippen molar-refractivity contribution in [2.24, 2.45) is 5.92 Å². The molecule has 0 aromatic heterocycles. The van der Waals surface area contributed by atoms with Crippen LogP contribution in [0.1, 0.15) is 65.7 Å². The highest BCUT2D eigenvalue weighted by molar-refractivity contribution is 5.66. The SMILES string of the molecule is C=C(C)[C@@H]1CC=C(COC(C)=O)CC[C@H]2O[C@]2(C)CC[C@@H](O)C(=C)CC1. The molecule has 1 aliphatic heterocycles. The molecule has 0 aromatic carbocycles. The van der Waals surface area contributed by atoms with Crippen molar-refractivity contribution in [1.29, 1.82) is 0 Å². The number of carbonyl (C=O) groups excluding carboxylic acids is 1. The molecule has 4 heteroatoms. The molecule has 2 aliphatic rings. The normalized spacial score (nSPS) is 33.5. The van der Waals surface area contributed by atoms with E-state index < -0.39 is 6.10 Å². The molecule has 2 rings (SSSR count). The smallest absolute Gasteiger partial charge is 0.302 e. The molecule has 0 spiro atoms. The lowest BCUT2D eigenvalue weighted by Gasteiger charge is -2.20. The molecule has 0 bridgehead atoms. The molecule has 0 radical (unpaired) electrons. The fourth-order valence-electron chi connectivity index (χ4n) is 3.65. The van der Waals surface area contributed by atoms with Crippen molar-refractivity contribution in [3.05, 3.63) is 36.0 Å². The summed E-state index contributed by atoms with van der Waals surface area (Å²) in [5.74, 6) is 0.0937. The maximum atomic E-state index is 11.2. The van der Waals surface area contributed by atoms with Gasteiger partial charge in [-0.3, -0.25) is 4.79 Å². The first-order chi connectivity index (χ1) is 12.2. The Morgan fingerprint density at radius 2 is 2.08 bits per heavy atom. The van der Waals surface area contributed by atoms with Crippen molar-refractivity contribution >= 4 is 5.97 Å². The average molecular weight is 363 g/mol. The predicted molar refractivity (Wildman–Crippen MR) is 104 cm³/mol. The van der Waals surface area contributed by atoms with Crippen molar-refractivity contribution in [2.45, 2.75) is 83.5 Å². The molecule has 1 aliphatic carbocycles. The molecule has 1 N–H and O–H groups in total. The summed E-state index contributed by atoms with van der Waals surface area (Å²) in [6, 6.07) is 0. The molecule has 146 valence electrons. The Hall–Kier alpha value is -1.39. The lowest BCUT2D eigenvalue weighted by Crippen LogP contribution is -2.18. The summed E-state index contributed by atoms with van der Waals surface area (Å²) in [5.41, 5.74) is 3.05. The third-order valence-electron chi connectivity index (χ3n) is 5.81. The molecule has 1 fully saturated rings. The summed E-state index contributed by atoms with van der Waals surface area (Å²) in [4.78, 5) is 11.2. The van der Waals surface area contributed by atoms with Crippen LogP contribution in [0.4, 0.5) is 0 Å². The van der Waals surface area contributed by atoms with Gasteiger partial charge in [-0.05, 0) is 75.9 Å². The first kappa shape index (κ1) is 20.9. The van der Waals surface area contributed by atoms with Crippen LogP contribution in [0.5, 0.6) is 0 Å². The Bertz CT molecular complexity index is 577. The first-order valence-electron chi connectivity index (χ1n) is 9.71. The van der Waals surface area contributed by atoms with Crippen LogP contribution in [0, 0.1) is 5.92 Å². The summed E-state index contributed by atoms with van der Waals surface area (Å²) >= 11 is 0. The minimum absolute atomic E-state index is 0.141. The van der Waals surface area contributed by atoms with E-state index in [2.05, 4.69) is 33.1 Å². The highest BCUT2D eigenvalue weighted by atomic mass is 16.6. The second-order valence-corrected chi connectivity index (χ2v) is 8.13. The van der Waals surface area contributed by atoms with E-state index >= 15 is 0 Å². The average Bonchev–Trinajstić information content (AvgIpc) is 3.23. The van der Waals surface area contributed by atoms with E-state index in [9.17, 15) is 9.90 Å². The Morgan fingerprint density at radius 1 is 1.35 bits per heavy atom. The second kappa shape index (κ2) is 9.01. The van der Waals surface area contributed by atoms with Gasteiger partial charge in [0.25, 0.3) is 0 Å². The summed E-state index contributed by atoms with van der Waals surface area (Å²) in [5, 5.41) is 10.4. The molecule has 4 atom stereocenters. The third kappa shape index (κ3) is 6.10. The van der Waals surface area contributed by atoms with Gasteiger partial charge in [0, 0.05) is 6.92 Å². The Balaban J connectivity index is 2.11. The molecule has 4 nitrogen and oxygen atoms in total. The van der Waals surface area contributed by atoms with Gasteiger partial charge in [-0.1, -0.05) is 24.8 Å². The summed E-state index contributed by atoms with van der Waals surface area (Å²) in [6.45, 7) is 14.2. The zero-order chi connectivity index (χ0) is 19.3. The molecule has 1 heterocycles. The highest BCUT2D eigenvalue weighted by Crippen LogP contribution is 2.44. The van der Waals surface area contributed by atoms with Crippen LogP contribution in [0.2, 0.25) is 0 Å². The van der Waals surface area contributed by atoms with Crippen LogP contribution >= 0.6 is 0 Å². The number of epoxide rings is 1. The summed E-state index contributed by atoms with van der Waals surface area (Å²) in [6.07, 6.45) is 7.87. The maximum Gasteiger partial charge on any atom is 0.302 e. The summed E-state index contributed by atoms with van der Waals surface area (Å²) in [7, 11) is 0. The van der Waals surface area contributed by atoms with Crippen molar-refractivity contribution in [2.75, 3.05) is 6.61 Å². The number of hydrogen-bond acceptors (Lipinski definition) is 4. The summed E-state index contributed by atoms with van der Waals surface area (Å²) < 4.78 is 11.1. The van der Waals surface area contributed by atoms with Crippen LogP contribution in [0.3, 0.4) is 0 Å². The molecule has 0 saturated carbocycles. The molecule has 26 heavy (non-hydrogen) atoms. The number of rotatable bonds is 3. The van der Waals surface area contributed by atoms with Gasteiger partial charge in [0.15, 0.2) is 0 Å². The quantitative estimate of drug-likeness (QED) is 0.457. The predicted octanol–water partition coefficient (Wildman–Crippen LogP) is 4.49. The minimum atomic E-state index is -0.458. The first-order valence-corrected chi connectivity index (χ1v) is 9.71. The zero-order valence-corrected chi connectivity index (χ0v) is 16.6. The van der Waals surface area contributed by atoms with Gasteiger partial charge in [-0.15, -0.1) is 0 Å². The lowest BCUT2D eigenvalue weighted by molar-refractivity contribution is -0.140. The zero-order valence-electron chi connectivity index (χ0n) is 16.6. The van der Waals surface area contributed by atoms with E-state index in [0.717, 1.165) is 55.2 Å². The fraction of sp³-hybridized carbons (Fsp3) is 0.682. The van der Waals surface area contributed by atoms with Crippen LogP contribution in [0.25, 0.3) is 0 Å². The minimum Gasteiger partial charge on any atom is -0.461 e. The Kier molecular flexibility index (Phi) is 7.24. The van der Waals surface area contributed by atoms with E-state index in [0.29, 0.717) is 18.9 Å². The van der Waals surface area contributed by atoms with E-state index in [4.69, 9.17) is 9.47 Å². The van der Waals surface area contributed by atoms with Gasteiger partial charge in [0.05, 0.1) is 17.8 Å². The van der Waals surface area contributed by atoms with Crippen LogP contribution in [-0.2, 0) is 14.3 Å². The van der Waals surface area contributed by atoms with Crippen molar-refractivity contribution in [3.8, 4) is 0 Å².